The third-order valence-electron chi connectivity index (χ3n) is 3.73. The van der Waals surface area contributed by atoms with Gasteiger partial charge in [0.1, 0.15) is 5.82 Å². The van der Waals surface area contributed by atoms with E-state index in [9.17, 15) is 4.79 Å². The average Bonchev–Trinajstić information content (AvgIpc) is 2.62. The van der Waals surface area contributed by atoms with Crippen molar-refractivity contribution in [1.29, 1.82) is 0 Å². The van der Waals surface area contributed by atoms with E-state index >= 15 is 0 Å². The topological polar surface area (TPSA) is 54.5 Å². The SMILES string of the molecule is CNC(=O)c1ccc(-c2ccccc2)nc1N1CCOCC1. The highest BCUT2D eigenvalue weighted by molar-refractivity contribution is 5.99. The lowest BCUT2D eigenvalue weighted by Crippen LogP contribution is -2.38. The molecule has 5 heteroatoms. The third-order valence-corrected chi connectivity index (χ3v) is 3.73. The number of morpholine rings is 1. The molecule has 0 saturated carbocycles. The predicted molar refractivity (Wildman–Crippen MR) is 86.1 cm³/mol. The van der Waals surface area contributed by atoms with E-state index in [1.165, 1.54) is 0 Å². The van der Waals surface area contributed by atoms with Gasteiger partial charge >= 0.3 is 0 Å². The molecule has 1 aliphatic rings. The maximum absolute atomic E-state index is 12.1. The summed E-state index contributed by atoms with van der Waals surface area (Å²) in [6.07, 6.45) is 0. The highest BCUT2D eigenvalue weighted by atomic mass is 16.5. The van der Waals surface area contributed by atoms with Gasteiger partial charge in [-0.1, -0.05) is 30.3 Å². The van der Waals surface area contributed by atoms with Gasteiger partial charge in [-0.3, -0.25) is 4.79 Å². The average molecular weight is 297 g/mol. The highest BCUT2D eigenvalue weighted by Gasteiger charge is 2.20. The first-order chi connectivity index (χ1) is 10.8. The van der Waals surface area contributed by atoms with E-state index in [1.54, 1.807) is 7.05 Å². The number of ether oxygens (including phenoxy) is 1. The summed E-state index contributed by atoms with van der Waals surface area (Å²) in [6.45, 7) is 2.80. The number of nitrogens with zero attached hydrogens (tertiary/aromatic N) is 2. The summed E-state index contributed by atoms with van der Waals surface area (Å²) in [5.74, 6) is 0.609. The molecule has 2 heterocycles. The van der Waals surface area contributed by atoms with Gasteiger partial charge in [0.05, 0.1) is 24.5 Å². The molecule has 1 aliphatic heterocycles. The number of aromatic nitrogens is 1. The number of anilines is 1. The molecule has 1 amide bonds. The van der Waals surface area contributed by atoms with Gasteiger partial charge in [-0.15, -0.1) is 0 Å². The van der Waals surface area contributed by atoms with Crippen LogP contribution in [0.1, 0.15) is 10.4 Å². The number of hydrogen-bond donors (Lipinski definition) is 1. The van der Waals surface area contributed by atoms with E-state index in [0.29, 0.717) is 18.8 Å². The first kappa shape index (κ1) is 14.5. The Hall–Kier alpha value is -2.40. The summed E-state index contributed by atoms with van der Waals surface area (Å²) in [4.78, 5) is 19.0. The van der Waals surface area contributed by atoms with Gasteiger partial charge in [0.25, 0.3) is 5.91 Å². The molecule has 1 fully saturated rings. The summed E-state index contributed by atoms with van der Waals surface area (Å²) in [6, 6.07) is 13.7. The summed E-state index contributed by atoms with van der Waals surface area (Å²) < 4.78 is 5.39. The number of rotatable bonds is 3. The zero-order valence-corrected chi connectivity index (χ0v) is 12.6. The Kier molecular flexibility index (Phi) is 4.34. The maximum Gasteiger partial charge on any atom is 0.254 e. The monoisotopic (exact) mass is 297 g/mol. The van der Waals surface area contributed by atoms with Gasteiger partial charge in [0.2, 0.25) is 0 Å². The fourth-order valence-corrected chi connectivity index (χ4v) is 2.55. The van der Waals surface area contributed by atoms with Crippen LogP contribution in [0.2, 0.25) is 0 Å². The first-order valence-electron chi connectivity index (χ1n) is 7.41. The van der Waals surface area contributed by atoms with Gasteiger partial charge in [-0.25, -0.2) is 4.98 Å². The summed E-state index contributed by atoms with van der Waals surface area (Å²) >= 11 is 0. The van der Waals surface area contributed by atoms with Crippen molar-refractivity contribution in [3.05, 3.63) is 48.0 Å². The number of amides is 1. The van der Waals surface area contributed by atoms with E-state index < -0.39 is 0 Å². The van der Waals surface area contributed by atoms with E-state index in [2.05, 4.69) is 10.2 Å². The normalized spacial score (nSPS) is 14.7. The first-order valence-corrected chi connectivity index (χ1v) is 7.41. The van der Waals surface area contributed by atoms with Gasteiger partial charge in [0.15, 0.2) is 0 Å². The molecule has 0 atom stereocenters. The minimum atomic E-state index is -0.117. The molecule has 1 saturated heterocycles. The van der Waals surface area contributed by atoms with Crippen LogP contribution < -0.4 is 10.2 Å². The van der Waals surface area contributed by atoms with Crippen LogP contribution in [0.3, 0.4) is 0 Å². The molecular formula is C17H19N3O2. The van der Waals surface area contributed by atoms with Gasteiger partial charge in [-0.2, -0.15) is 0 Å². The molecule has 0 spiro atoms. The van der Waals surface area contributed by atoms with Gasteiger partial charge in [-0.05, 0) is 12.1 Å². The minimum Gasteiger partial charge on any atom is -0.378 e. The largest absolute Gasteiger partial charge is 0.378 e. The lowest BCUT2D eigenvalue weighted by atomic mass is 10.1. The lowest BCUT2D eigenvalue weighted by Gasteiger charge is -2.29. The number of carbonyl (C=O) groups excluding carboxylic acids is 1. The Morgan fingerprint density at radius 3 is 2.55 bits per heavy atom. The van der Waals surface area contributed by atoms with Crippen molar-refractivity contribution < 1.29 is 9.53 Å². The van der Waals surface area contributed by atoms with Crippen LogP contribution in [0.15, 0.2) is 42.5 Å². The van der Waals surface area contributed by atoms with Crippen molar-refractivity contribution in [2.45, 2.75) is 0 Å². The number of carbonyl (C=O) groups is 1. The van der Waals surface area contributed by atoms with Crippen LogP contribution in [0.25, 0.3) is 11.3 Å². The second-order valence-corrected chi connectivity index (χ2v) is 5.11. The van der Waals surface area contributed by atoms with Gasteiger partial charge in [0, 0.05) is 25.7 Å². The molecule has 3 rings (SSSR count). The Balaban J connectivity index is 2.03. The zero-order chi connectivity index (χ0) is 15.4. The predicted octanol–water partition coefficient (Wildman–Crippen LogP) is 1.94. The quantitative estimate of drug-likeness (QED) is 0.941. The van der Waals surface area contributed by atoms with Gasteiger partial charge < -0.3 is 15.0 Å². The molecule has 0 radical (unpaired) electrons. The second-order valence-electron chi connectivity index (χ2n) is 5.11. The lowest BCUT2D eigenvalue weighted by molar-refractivity contribution is 0.0961. The van der Waals surface area contributed by atoms with Crippen LogP contribution in [-0.2, 0) is 4.74 Å². The van der Waals surface area contributed by atoms with Crippen LogP contribution in [-0.4, -0.2) is 44.2 Å². The van der Waals surface area contributed by atoms with E-state index in [4.69, 9.17) is 9.72 Å². The van der Waals surface area contributed by atoms with Crippen molar-refractivity contribution >= 4 is 11.7 Å². The third kappa shape index (κ3) is 2.94. The van der Waals surface area contributed by atoms with Crippen LogP contribution >= 0.6 is 0 Å². The fraction of sp³-hybridized carbons (Fsp3) is 0.294. The van der Waals surface area contributed by atoms with Crippen LogP contribution in [0, 0.1) is 0 Å². The van der Waals surface area contributed by atoms with E-state index in [0.717, 1.165) is 30.2 Å². The Labute approximate surface area is 129 Å². The van der Waals surface area contributed by atoms with Crippen LogP contribution in [0.5, 0.6) is 0 Å². The molecule has 1 N–H and O–H groups in total. The molecule has 1 aromatic carbocycles. The van der Waals surface area contributed by atoms with Crippen molar-refractivity contribution in [2.24, 2.45) is 0 Å². The highest BCUT2D eigenvalue weighted by Crippen LogP contribution is 2.25. The van der Waals surface area contributed by atoms with E-state index in [-0.39, 0.29) is 5.91 Å². The number of nitrogens with one attached hydrogen (secondary N) is 1. The molecule has 5 nitrogen and oxygen atoms in total. The zero-order valence-electron chi connectivity index (χ0n) is 12.6. The smallest absolute Gasteiger partial charge is 0.254 e. The molecule has 0 unspecified atom stereocenters. The standard InChI is InChI=1S/C17H19N3O2/c1-18-17(21)14-7-8-15(13-5-3-2-4-6-13)19-16(14)20-9-11-22-12-10-20/h2-8H,9-12H2,1H3,(H,18,21). The minimum absolute atomic E-state index is 0.117. The molecule has 22 heavy (non-hydrogen) atoms. The van der Waals surface area contributed by atoms with Crippen LogP contribution in [0.4, 0.5) is 5.82 Å². The van der Waals surface area contributed by atoms with E-state index in [1.807, 2.05) is 42.5 Å². The molecular weight excluding hydrogens is 278 g/mol. The number of hydrogen-bond acceptors (Lipinski definition) is 4. The summed E-state index contributed by atoms with van der Waals surface area (Å²) in [5.41, 5.74) is 2.51. The Bertz CT molecular complexity index is 652. The molecule has 0 bridgehead atoms. The number of pyridine rings is 1. The van der Waals surface area contributed by atoms with Crippen molar-refractivity contribution in [3.63, 3.8) is 0 Å². The molecule has 114 valence electrons. The summed E-state index contributed by atoms with van der Waals surface area (Å²) in [5, 5.41) is 2.68. The van der Waals surface area contributed by atoms with Crippen molar-refractivity contribution in [1.82, 2.24) is 10.3 Å². The molecule has 2 aromatic rings. The van der Waals surface area contributed by atoms with Crippen molar-refractivity contribution in [2.75, 3.05) is 38.3 Å². The Morgan fingerprint density at radius 1 is 1.14 bits per heavy atom. The number of benzene rings is 1. The second kappa shape index (κ2) is 6.58. The summed E-state index contributed by atoms with van der Waals surface area (Å²) in [7, 11) is 1.64. The molecule has 1 aromatic heterocycles. The molecule has 0 aliphatic carbocycles. The maximum atomic E-state index is 12.1. The Morgan fingerprint density at radius 2 is 1.86 bits per heavy atom. The fourth-order valence-electron chi connectivity index (χ4n) is 2.55. The van der Waals surface area contributed by atoms with Crippen molar-refractivity contribution in [3.8, 4) is 11.3 Å².